The first-order chi connectivity index (χ1) is 13.7. The summed E-state index contributed by atoms with van der Waals surface area (Å²) in [4.78, 5) is 11.4. The van der Waals surface area contributed by atoms with Crippen LogP contribution in [0.25, 0.3) is 0 Å². The minimum absolute atomic E-state index is 0.0268. The number of amides is 1. The average molecular weight is 476 g/mol. The summed E-state index contributed by atoms with van der Waals surface area (Å²) in [6.45, 7) is -0.547. The van der Waals surface area contributed by atoms with Crippen LogP contribution in [-0.2, 0) is 27.5 Å². The molecular formula is C16H14F6N2O4S2. The number of anilines is 1. The maximum Gasteiger partial charge on any atom is 0.422 e. The van der Waals surface area contributed by atoms with Crippen LogP contribution >= 0.6 is 11.3 Å². The summed E-state index contributed by atoms with van der Waals surface area (Å²) in [5, 5.41) is 2.45. The van der Waals surface area contributed by atoms with E-state index in [9.17, 15) is 39.6 Å². The molecule has 2 aromatic rings. The van der Waals surface area contributed by atoms with Gasteiger partial charge in [0.05, 0.1) is 17.8 Å². The van der Waals surface area contributed by atoms with E-state index in [4.69, 9.17) is 0 Å². The molecule has 0 unspecified atom stereocenters. The zero-order valence-corrected chi connectivity index (χ0v) is 16.7. The Labute approximate surface area is 170 Å². The van der Waals surface area contributed by atoms with Crippen LogP contribution in [0.4, 0.5) is 32.0 Å². The summed E-state index contributed by atoms with van der Waals surface area (Å²) in [5.41, 5.74) is -2.08. The van der Waals surface area contributed by atoms with Gasteiger partial charge in [-0.05, 0) is 30.3 Å². The molecule has 30 heavy (non-hydrogen) atoms. The number of halogens is 6. The Morgan fingerprint density at radius 2 is 1.77 bits per heavy atom. The Balaban J connectivity index is 2.34. The predicted molar refractivity (Wildman–Crippen MR) is 95.6 cm³/mol. The smallest absolute Gasteiger partial charge is 0.422 e. The summed E-state index contributed by atoms with van der Waals surface area (Å²) < 4.78 is 107. The lowest BCUT2D eigenvalue weighted by molar-refractivity contribution is -0.153. The lowest BCUT2D eigenvalue weighted by Gasteiger charge is -2.16. The standard InChI is InChI=1S/C16H14F6N2O4S2/c1-9(25)23-7-11-3-5-14(29-11)30(26,27)24-12-6-10(16(20,21)22)2-4-13(12)28-8-15(17,18)19/h2-6,24H,7-8H2,1H3,(H,23,25). The quantitative estimate of drug-likeness (QED) is 0.589. The molecule has 0 bridgehead atoms. The van der Waals surface area contributed by atoms with Crippen molar-refractivity contribution in [2.75, 3.05) is 11.3 Å². The minimum atomic E-state index is -4.86. The highest BCUT2D eigenvalue weighted by molar-refractivity contribution is 7.94. The molecule has 1 aromatic heterocycles. The number of alkyl halides is 6. The fourth-order valence-corrected chi connectivity index (χ4v) is 4.43. The van der Waals surface area contributed by atoms with Crippen LogP contribution in [0, 0.1) is 0 Å². The van der Waals surface area contributed by atoms with Crippen molar-refractivity contribution < 1.29 is 44.3 Å². The van der Waals surface area contributed by atoms with Crippen molar-refractivity contribution in [1.82, 2.24) is 5.32 Å². The molecule has 2 rings (SSSR count). The van der Waals surface area contributed by atoms with E-state index < -0.39 is 46.0 Å². The van der Waals surface area contributed by atoms with Gasteiger partial charge in [0.1, 0.15) is 9.96 Å². The minimum Gasteiger partial charge on any atom is -0.482 e. The van der Waals surface area contributed by atoms with Crippen LogP contribution in [-0.4, -0.2) is 27.1 Å². The van der Waals surface area contributed by atoms with Crippen molar-refractivity contribution in [2.45, 2.75) is 30.0 Å². The maximum absolute atomic E-state index is 13.0. The molecule has 0 saturated carbocycles. The molecule has 0 fully saturated rings. The van der Waals surface area contributed by atoms with Crippen molar-refractivity contribution in [3.05, 3.63) is 40.8 Å². The molecule has 0 atom stereocenters. The van der Waals surface area contributed by atoms with Gasteiger partial charge in [-0.1, -0.05) is 0 Å². The molecule has 1 aromatic carbocycles. The van der Waals surface area contributed by atoms with E-state index in [2.05, 4.69) is 10.1 Å². The van der Waals surface area contributed by atoms with Gasteiger partial charge in [0.25, 0.3) is 10.0 Å². The normalized spacial score (nSPS) is 12.5. The molecule has 1 amide bonds. The topological polar surface area (TPSA) is 84.5 Å². The fourth-order valence-electron chi connectivity index (χ4n) is 2.08. The van der Waals surface area contributed by atoms with E-state index in [1.54, 1.807) is 0 Å². The Kier molecular flexibility index (Phi) is 6.91. The highest BCUT2D eigenvalue weighted by atomic mass is 32.2. The van der Waals surface area contributed by atoms with Crippen molar-refractivity contribution in [3.8, 4) is 5.75 Å². The molecule has 14 heteroatoms. The molecule has 0 aliphatic rings. The van der Waals surface area contributed by atoms with Crippen LogP contribution in [0.3, 0.4) is 0 Å². The van der Waals surface area contributed by atoms with E-state index in [1.165, 1.54) is 13.0 Å². The Hall–Kier alpha value is -2.48. The van der Waals surface area contributed by atoms with Crippen LogP contribution in [0.15, 0.2) is 34.5 Å². The molecule has 0 spiro atoms. The van der Waals surface area contributed by atoms with Crippen molar-refractivity contribution in [2.24, 2.45) is 0 Å². The SMILES string of the molecule is CC(=O)NCc1ccc(S(=O)(=O)Nc2cc(C(F)(F)F)ccc2OCC(F)(F)F)s1. The lowest BCUT2D eigenvalue weighted by Crippen LogP contribution is -2.21. The van der Waals surface area contributed by atoms with Gasteiger partial charge in [0.15, 0.2) is 6.61 Å². The second kappa shape index (κ2) is 8.71. The van der Waals surface area contributed by atoms with Crippen LogP contribution in [0.5, 0.6) is 5.75 Å². The van der Waals surface area contributed by atoms with E-state index >= 15 is 0 Å². The number of hydrogen-bond donors (Lipinski definition) is 2. The van der Waals surface area contributed by atoms with Crippen molar-refractivity contribution in [3.63, 3.8) is 0 Å². The van der Waals surface area contributed by atoms with E-state index in [-0.39, 0.29) is 16.7 Å². The number of carbonyl (C=O) groups is 1. The first-order valence-electron chi connectivity index (χ1n) is 7.94. The molecule has 1 heterocycles. The van der Waals surface area contributed by atoms with E-state index in [1.807, 2.05) is 4.72 Å². The number of rotatable bonds is 7. The first kappa shape index (κ1) is 23.8. The number of sulfonamides is 1. The number of thiophene rings is 1. The molecular weight excluding hydrogens is 462 g/mol. The molecule has 166 valence electrons. The second-order valence-corrected chi connectivity index (χ2v) is 8.93. The number of carbonyl (C=O) groups excluding carboxylic acids is 1. The molecule has 2 N–H and O–H groups in total. The zero-order chi connectivity index (χ0) is 22.7. The largest absolute Gasteiger partial charge is 0.482 e. The van der Waals surface area contributed by atoms with Crippen LogP contribution in [0.2, 0.25) is 0 Å². The number of ether oxygens (including phenoxy) is 1. The monoisotopic (exact) mass is 476 g/mol. The van der Waals surface area contributed by atoms with Gasteiger partial charge in [-0.3, -0.25) is 9.52 Å². The number of hydrogen-bond acceptors (Lipinski definition) is 5. The van der Waals surface area contributed by atoms with Crippen LogP contribution < -0.4 is 14.8 Å². The highest BCUT2D eigenvalue weighted by Crippen LogP contribution is 2.37. The second-order valence-electron chi connectivity index (χ2n) is 5.85. The molecule has 0 aliphatic heterocycles. The Bertz CT molecular complexity index is 1020. The summed E-state index contributed by atoms with van der Waals surface area (Å²) in [6.07, 6.45) is -9.65. The number of nitrogens with one attached hydrogen (secondary N) is 2. The maximum atomic E-state index is 13.0. The average Bonchev–Trinajstić information content (AvgIpc) is 3.07. The zero-order valence-electron chi connectivity index (χ0n) is 15.0. The molecule has 0 radical (unpaired) electrons. The van der Waals surface area contributed by atoms with Gasteiger partial charge in [0.2, 0.25) is 5.91 Å². The first-order valence-corrected chi connectivity index (χ1v) is 10.2. The summed E-state index contributed by atoms with van der Waals surface area (Å²) in [5.74, 6) is -1.08. The van der Waals surface area contributed by atoms with Gasteiger partial charge < -0.3 is 10.1 Å². The van der Waals surface area contributed by atoms with Gasteiger partial charge in [0, 0.05) is 11.8 Å². The lowest BCUT2D eigenvalue weighted by atomic mass is 10.2. The Morgan fingerprint density at radius 1 is 1.10 bits per heavy atom. The van der Waals surface area contributed by atoms with E-state index in [0.29, 0.717) is 23.1 Å². The predicted octanol–water partition coefficient (Wildman–Crippen LogP) is 4.14. The summed E-state index contributed by atoms with van der Waals surface area (Å²) in [6, 6.07) is 3.94. The van der Waals surface area contributed by atoms with Crippen molar-refractivity contribution in [1.29, 1.82) is 0 Å². The van der Waals surface area contributed by atoms with Gasteiger partial charge >= 0.3 is 12.4 Å². The van der Waals surface area contributed by atoms with Crippen LogP contribution in [0.1, 0.15) is 17.4 Å². The van der Waals surface area contributed by atoms with Gasteiger partial charge in [-0.25, -0.2) is 8.42 Å². The third kappa shape index (κ3) is 6.79. The third-order valence-electron chi connectivity index (χ3n) is 3.36. The fraction of sp³-hybridized carbons (Fsp3) is 0.312. The highest BCUT2D eigenvalue weighted by Gasteiger charge is 2.33. The molecule has 6 nitrogen and oxygen atoms in total. The summed E-state index contributed by atoms with van der Waals surface area (Å²) >= 11 is 0.726. The van der Waals surface area contributed by atoms with Gasteiger partial charge in [-0.2, -0.15) is 26.3 Å². The van der Waals surface area contributed by atoms with Crippen molar-refractivity contribution >= 4 is 33.0 Å². The van der Waals surface area contributed by atoms with Gasteiger partial charge in [-0.15, -0.1) is 11.3 Å². The molecule has 0 aliphatic carbocycles. The third-order valence-corrected chi connectivity index (χ3v) is 6.30. The van der Waals surface area contributed by atoms with E-state index in [0.717, 1.165) is 17.4 Å². The summed E-state index contributed by atoms with van der Waals surface area (Å²) in [7, 11) is -4.44. The Morgan fingerprint density at radius 3 is 2.33 bits per heavy atom. The number of benzene rings is 1. The molecule has 0 saturated heterocycles.